The van der Waals surface area contributed by atoms with Gasteiger partial charge in [-0.15, -0.1) is 11.3 Å². The summed E-state index contributed by atoms with van der Waals surface area (Å²) in [6, 6.07) is 0.139. The summed E-state index contributed by atoms with van der Waals surface area (Å²) in [5.41, 5.74) is 2.22. The molecule has 1 N–H and O–H groups in total. The van der Waals surface area contributed by atoms with E-state index in [4.69, 9.17) is 0 Å². The fourth-order valence-electron chi connectivity index (χ4n) is 1.96. The van der Waals surface area contributed by atoms with Crippen LogP contribution in [0.5, 0.6) is 0 Å². The van der Waals surface area contributed by atoms with Gasteiger partial charge in [-0.25, -0.2) is 15.0 Å². The largest absolute Gasteiger partial charge is 0.307 e. The minimum Gasteiger partial charge on any atom is -0.307 e. The molecule has 0 bridgehead atoms. The second-order valence-corrected chi connectivity index (χ2v) is 6.37. The molecule has 0 aliphatic heterocycles. The number of nitrogens with one attached hydrogen (secondary N) is 1. The molecule has 0 saturated heterocycles. The molecule has 2 rings (SSSR count). The first-order valence-electron chi connectivity index (χ1n) is 7.05. The first-order chi connectivity index (χ1) is 9.60. The molecular weight excluding hydrogens is 268 g/mol. The van der Waals surface area contributed by atoms with E-state index in [1.807, 2.05) is 19.3 Å². The molecule has 0 aromatic carbocycles. The number of aryl methyl sites for hydroxylation is 3. The maximum Gasteiger partial charge on any atom is 0.145 e. The maximum atomic E-state index is 4.62. The molecule has 0 saturated carbocycles. The predicted molar refractivity (Wildman–Crippen MR) is 83.1 cm³/mol. The number of rotatable bonds is 6. The molecule has 0 aliphatic rings. The minimum absolute atomic E-state index is 0.139. The molecule has 2 heterocycles. The Bertz CT molecular complexity index is 528. The van der Waals surface area contributed by atoms with Crippen LogP contribution in [0.3, 0.4) is 0 Å². The van der Waals surface area contributed by atoms with Crippen molar-refractivity contribution < 1.29 is 0 Å². The number of nitrogens with zero attached hydrogens (tertiary/aromatic N) is 3. The first kappa shape index (κ1) is 15.1. The van der Waals surface area contributed by atoms with Crippen molar-refractivity contribution >= 4 is 11.3 Å². The zero-order chi connectivity index (χ0) is 14.5. The SMILES string of the molecule is CCCNC(Cc1nc(C)c(C)s1)c1ncc(C)cn1. The summed E-state index contributed by atoms with van der Waals surface area (Å²) in [5, 5.41) is 4.67. The van der Waals surface area contributed by atoms with Gasteiger partial charge in [0.2, 0.25) is 0 Å². The summed E-state index contributed by atoms with van der Waals surface area (Å²) in [4.78, 5) is 14.8. The molecule has 2 aromatic heterocycles. The van der Waals surface area contributed by atoms with Gasteiger partial charge in [-0.05, 0) is 39.3 Å². The van der Waals surface area contributed by atoms with E-state index in [0.29, 0.717) is 0 Å². The molecule has 0 spiro atoms. The monoisotopic (exact) mass is 290 g/mol. The molecule has 2 aromatic rings. The lowest BCUT2D eigenvalue weighted by Gasteiger charge is -2.15. The van der Waals surface area contributed by atoms with E-state index in [2.05, 4.69) is 41.0 Å². The highest BCUT2D eigenvalue weighted by atomic mass is 32.1. The quantitative estimate of drug-likeness (QED) is 0.888. The van der Waals surface area contributed by atoms with Crippen molar-refractivity contribution in [3.63, 3.8) is 0 Å². The van der Waals surface area contributed by atoms with Crippen LogP contribution < -0.4 is 5.32 Å². The van der Waals surface area contributed by atoms with Crippen LogP contribution in [0.15, 0.2) is 12.4 Å². The van der Waals surface area contributed by atoms with Crippen molar-refractivity contribution in [3.8, 4) is 0 Å². The Morgan fingerprint density at radius 2 is 1.90 bits per heavy atom. The Kier molecular flexibility index (Phi) is 5.20. The second kappa shape index (κ2) is 6.90. The van der Waals surface area contributed by atoms with Crippen molar-refractivity contribution in [1.82, 2.24) is 20.3 Å². The van der Waals surface area contributed by atoms with Crippen LogP contribution in [0, 0.1) is 20.8 Å². The highest BCUT2D eigenvalue weighted by Gasteiger charge is 2.17. The zero-order valence-corrected chi connectivity index (χ0v) is 13.4. The van der Waals surface area contributed by atoms with Crippen LogP contribution in [0.4, 0.5) is 0 Å². The lowest BCUT2D eigenvalue weighted by Crippen LogP contribution is -2.26. The highest BCUT2D eigenvalue weighted by Crippen LogP contribution is 2.22. The van der Waals surface area contributed by atoms with E-state index in [-0.39, 0.29) is 6.04 Å². The molecule has 5 heteroatoms. The van der Waals surface area contributed by atoms with Gasteiger partial charge in [0.1, 0.15) is 5.82 Å². The summed E-state index contributed by atoms with van der Waals surface area (Å²) in [5.74, 6) is 0.856. The van der Waals surface area contributed by atoms with Gasteiger partial charge in [-0.1, -0.05) is 6.92 Å². The van der Waals surface area contributed by atoms with Gasteiger partial charge in [0.15, 0.2) is 0 Å². The van der Waals surface area contributed by atoms with Crippen LogP contribution >= 0.6 is 11.3 Å². The molecule has 1 atom stereocenters. The van der Waals surface area contributed by atoms with Gasteiger partial charge >= 0.3 is 0 Å². The first-order valence-corrected chi connectivity index (χ1v) is 7.86. The minimum atomic E-state index is 0.139. The maximum absolute atomic E-state index is 4.62. The standard InChI is InChI=1S/C15H22N4S/c1-5-6-16-13(15-17-8-10(2)9-18-15)7-14-19-11(3)12(4)20-14/h8-9,13,16H,5-7H2,1-4H3. The average Bonchev–Trinajstić information content (AvgIpc) is 2.74. The second-order valence-electron chi connectivity index (χ2n) is 5.08. The summed E-state index contributed by atoms with van der Waals surface area (Å²) in [6.07, 6.45) is 5.70. The topological polar surface area (TPSA) is 50.7 Å². The van der Waals surface area contributed by atoms with Crippen molar-refractivity contribution in [1.29, 1.82) is 0 Å². The molecular formula is C15H22N4S. The van der Waals surface area contributed by atoms with Gasteiger partial charge in [0.25, 0.3) is 0 Å². The fraction of sp³-hybridized carbons (Fsp3) is 0.533. The van der Waals surface area contributed by atoms with Gasteiger partial charge in [-0.2, -0.15) is 0 Å². The van der Waals surface area contributed by atoms with Crippen LogP contribution in [0.1, 0.15) is 46.4 Å². The molecule has 0 radical (unpaired) electrons. The number of hydrogen-bond donors (Lipinski definition) is 1. The Hall–Kier alpha value is -1.33. The van der Waals surface area contributed by atoms with Crippen LogP contribution in [0.2, 0.25) is 0 Å². The van der Waals surface area contributed by atoms with Crippen molar-refractivity contribution in [3.05, 3.63) is 39.4 Å². The lowest BCUT2D eigenvalue weighted by atomic mass is 10.2. The third-order valence-electron chi connectivity index (χ3n) is 3.20. The Morgan fingerprint density at radius 3 is 2.45 bits per heavy atom. The molecule has 4 nitrogen and oxygen atoms in total. The average molecular weight is 290 g/mol. The molecule has 20 heavy (non-hydrogen) atoms. The normalized spacial score (nSPS) is 12.6. The summed E-state index contributed by atoms with van der Waals surface area (Å²) < 4.78 is 0. The van der Waals surface area contributed by atoms with Crippen LogP contribution in [-0.2, 0) is 6.42 Å². The van der Waals surface area contributed by atoms with Crippen molar-refractivity contribution in [2.24, 2.45) is 0 Å². The Morgan fingerprint density at radius 1 is 1.20 bits per heavy atom. The van der Waals surface area contributed by atoms with Crippen LogP contribution in [0.25, 0.3) is 0 Å². The Labute approximate surface area is 124 Å². The number of aromatic nitrogens is 3. The van der Waals surface area contributed by atoms with Gasteiger partial charge in [0.05, 0.1) is 16.7 Å². The third kappa shape index (κ3) is 3.84. The number of hydrogen-bond acceptors (Lipinski definition) is 5. The molecule has 0 fully saturated rings. The summed E-state index contributed by atoms with van der Waals surface area (Å²) in [6.45, 7) is 9.31. The Balaban J connectivity index is 2.16. The van der Waals surface area contributed by atoms with E-state index in [9.17, 15) is 0 Å². The third-order valence-corrected chi connectivity index (χ3v) is 4.30. The van der Waals surface area contributed by atoms with Gasteiger partial charge in [-0.3, -0.25) is 0 Å². The van der Waals surface area contributed by atoms with Gasteiger partial charge < -0.3 is 5.32 Å². The van der Waals surface area contributed by atoms with E-state index in [1.165, 1.54) is 4.88 Å². The highest BCUT2D eigenvalue weighted by molar-refractivity contribution is 7.11. The molecule has 0 amide bonds. The van der Waals surface area contributed by atoms with E-state index in [1.54, 1.807) is 11.3 Å². The lowest BCUT2D eigenvalue weighted by molar-refractivity contribution is 0.503. The summed E-state index contributed by atoms with van der Waals surface area (Å²) >= 11 is 1.77. The molecule has 0 aliphatic carbocycles. The zero-order valence-electron chi connectivity index (χ0n) is 12.6. The van der Waals surface area contributed by atoms with E-state index >= 15 is 0 Å². The van der Waals surface area contributed by atoms with E-state index in [0.717, 1.165) is 41.5 Å². The smallest absolute Gasteiger partial charge is 0.145 e. The summed E-state index contributed by atoms with van der Waals surface area (Å²) in [7, 11) is 0. The number of thiazole rings is 1. The molecule has 1 unspecified atom stereocenters. The molecule has 108 valence electrons. The van der Waals surface area contributed by atoms with E-state index < -0.39 is 0 Å². The van der Waals surface area contributed by atoms with Crippen molar-refractivity contribution in [2.45, 2.75) is 46.6 Å². The fourth-order valence-corrected chi connectivity index (χ4v) is 2.94. The van der Waals surface area contributed by atoms with Crippen LogP contribution in [-0.4, -0.2) is 21.5 Å². The van der Waals surface area contributed by atoms with Gasteiger partial charge in [0, 0.05) is 23.7 Å². The van der Waals surface area contributed by atoms with Crippen molar-refractivity contribution in [2.75, 3.05) is 6.54 Å². The predicted octanol–water partition coefficient (Wildman–Crippen LogP) is 3.14.